The lowest BCUT2D eigenvalue weighted by atomic mass is 9.88. The second-order valence-electron chi connectivity index (χ2n) is 7.72. The topological polar surface area (TPSA) is 51.0 Å². The molecule has 2 aliphatic rings. The fraction of sp³-hybridized carbons (Fsp3) is 0.571. The van der Waals surface area contributed by atoms with E-state index >= 15 is 0 Å². The standard InChI is InChI=1S/C21H28N4O/c1-16-14-23-20(25(16)15-17-9-11-22-12-10-17)19-8-5-13-24(19)21(26)18-6-3-2-4-7-18/h9-12,14,18-19H,2-8,13,15H2,1H3. The lowest BCUT2D eigenvalue weighted by Crippen LogP contribution is -2.37. The first-order valence-electron chi connectivity index (χ1n) is 9.95. The van der Waals surface area contributed by atoms with E-state index in [-0.39, 0.29) is 12.0 Å². The van der Waals surface area contributed by atoms with Crippen molar-refractivity contribution < 1.29 is 4.79 Å². The monoisotopic (exact) mass is 352 g/mol. The molecule has 1 aliphatic heterocycles. The third-order valence-corrected chi connectivity index (χ3v) is 5.96. The second kappa shape index (κ2) is 7.60. The minimum Gasteiger partial charge on any atom is -0.332 e. The van der Waals surface area contributed by atoms with Gasteiger partial charge in [0.15, 0.2) is 0 Å². The number of pyridine rings is 1. The van der Waals surface area contributed by atoms with Crippen LogP contribution in [0.5, 0.6) is 0 Å². The number of aryl methyl sites for hydroxylation is 1. The lowest BCUT2D eigenvalue weighted by Gasteiger charge is -2.30. The van der Waals surface area contributed by atoms with E-state index in [1.165, 1.54) is 24.8 Å². The highest BCUT2D eigenvalue weighted by molar-refractivity contribution is 5.79. The largest absolute Gasteiger partial charge is 0.332 e. The molecule has 1 saturated heterocycles. The van der Waals surface area contributed by atoms with E-state index in [0.717, 1.165) is 50.3 Å². The summed E-state index contributed by atoms with van der Waals surface area (Å²) in [5, 5.41) is 0. The van der Waals surface area contributed by atoms with Gasteiger partial charge in [-0.15, -0.1) is 0 Å². The molecule has 5 nitrogen and oxygen atoms in total. The Bertz CT molecular complexity index is 749. The van der Waals surface area contributed by atoms with Crippen LogP contribution in [0.25, 0.3) is 0 Å². The average molecular weight is 352 g/mol. The van der Waals surface area contributed by atoms with Gasteiger partial charge in [-0.25, -0.2) is 4.98 Å². The smallest absolute Gasteiger partial charge is 0.226 e. The Kier molecular flexibility index (Phi) is 5.05. The number of aromatic nitrogens is 3. The van der Waals surface area contributed by atoms with Crippen molar-refractivity contribution in [2.75, 3.05) is 6.54 Å². The number of hydrogen-bond acceptors (Lipinski definition) is 3. The molecule has 1 amide bonds. The maximum atomic E-state index is 13.1. The molecular weight excluding hydrogens is 324 g/mol. The number of imidazole rings is 1. The van der Waals surface area contributed by atoms with Gasteiger partial charge in [0.05, 0.1) is 6.04 Å². The molecule has 1 saturated carbocycles. The summed E-state index contributed by atoms with van der Waals surface area (Å²) < 4.78 is 2.27. The summed E-state index contributed by atoms with van der Waals surface area (Å²) >= 11 is 0. The Labute approximate surface area is 155 Å². The van der Waals surface area contributed by atoms with Crippen molar-refractivity contribution in [3.8, 4) is 0 Å². The summed E-state index contributed by atoms with van der Waals surface area (Å²) in [6.45, 7) is 3.76. The van der Waals surface area contributed by atoms with Crippen LogP contribution in [0.4, 0.5) is 0 Å². The average Bonchev–Trinajstić information content (AvgIpc) is 3.30. The molecule has 2 fully saturated rings. The minimum atomic E-state index is 0.125. The highest BCUT2D eigenvalue weighted by atomic mass is 16.2. The first-order valence-corrected chi connectivity index (χ1v) is 9.95. The predicted octanol–water partition coefficient (Wildman–Crippen LogP) is 3.88. The molecule has 2 aromatic rings. The van der Waals surface area contributed by atoms with Gasteiger partial charge in [0.25, 0.3) is 0 Å². The van der Waals surface area contributed by atoms with Crippen LogP contribution in [0.15, 0.2) is 30.7 Å². The maximum Gasteiger partial charge on any atom is 0.226 e. The van der Waals surface area contributed by atoms with Gasteiger partial charge in [-0.05, 0) is 50.3 Å². The zero-order valence-corrected chi connectivity index (χ0v) is 15.6. The van der Waals surface area contributed by atoms with Crippen molar-refractivity contribution in [2.45, 2.75) is 64.5 Å². The molecule has 1 aliphatic carbocycles. The van der Waals surface area contributed by atoms with Crippen LogP contribution in [-0.2, 0) is 11.3 Å². The molecule has 4 rings (SSSR count). The van der Waals surface area contributed by atoms with Crippen LogP contribution >= 0.6 is 0 Å². The molecule has 0 aromatic carbocycles. The number of carbonyl (C=O) groups is 1. The highest BCUT2D eigenvalue weighted by Crippen LogP contribution is 2.35. The molecule has 2 aromatic heterocycles. The van der Waals surface area contributed by atoms with E-state index in [2.05, 4.69) is 21.4 Å². The van der Waals surface area contributed by atoms with Gasteiger partial charge in [0.2, 0.25) is 5.91 Å². The molecule has 0 radical (unpaired) electrons. The van der Waals surface area contributed by atoms with Gasteiger partial charge in [0, 0.05) is 43.3 Å². The summed E-state index contributed by atoms with van der Waals surface area (Å²) in [4.78, 5) is 24.1. The van der Waals surface area contributed by atoms with E-state index in [1.807, 2.05) is 30.7 Å². The Morgan fingerprint density at radius 1 is 1.12 bits per heavy atom. The number of likely N-dealkylation sites (tertiary alicyclic amines) is 1. The molecule has 1 atom stereocenters. The number of hydrogen-bond donors (Lipinski definition) is 0. The highest BCUT2D eigenvalue weighted by Gasteiger charge is 2.36. The normalized spacial score (nSPS) is 21.3. The SMILES string of the molecule is Cc1cnc(C2CCCN2C(=O)C2CCCCC2)n1Cc1ccncc1. The molecule has 0 spiro atoms. The van der Waals surface area contributed by atoms with Crippen molar-refractivity contribution in [1.29, 1.82) is 0 Å². The molecule has 0 N–H and O–H groups in total. The fourth-order valence-corrected chi connectivity index (χ4v) is 4.50. The maximum absolute atomic E-state index is 13.1. The van der Waals surface area contributed by atoms with Crippen LogP contribution in [0.2, 0.25) is 0 Å². The Hall–Kier alpha value is -2.17. The van der Waals surface area contributed by atoms with Crippen LogP contribution in [0.3, 0.4) is 0 Å². The second-order valence-corrected chi connectivity index (χ2v) is 7.72. The van der Waals surface area contributed by atoms with Gasteiger partial charge in [-0.3, -0.25) is 9.78 Å². The molecule has 5 heteroatoms. The molecular formula is C21H28N4O. The van der Waals surface area contributed by atoms with E-state index < -0.39 is 0 Å². The number of rotatable bonds is 4. The van der Waals surface area contributed by atoms with Crippen LogP contribution in [0, 0.1) is 12.8 Å². The van der Waals surface area contributed by atoms with Crippen molar-refractivity contribution in [1.82, 2.24) is 19.4 Å². The first-order chi connectivity index (χ1) is 12.7. The number of carbonyl (C=O) groups excluding carboxylic acids is 1. The minimum absolute atomic E-state index is 0.125. The van der Waals surface area contributed by atoms with Crippen LogP contribution in [0.1, 0.15) is 68.1 Å². The van der Waals surface area contributed by atoms with Crippen molar-refractivity contribution in [2.24, 2.45) is 5.92 Å². The molecule has 0 bridgehead atoms. The summed E-state index contributed by atoms with van der Waals surface area (Å²) in [7, 11) is 0. The van der Waals surface area contributed by atoms with E-state index in [9.17, 15) is 4.79 Å². The summed E-state index contributed by atoms with van der Waals surface area (Å²) in [5.74, 6) is 1.64. The van der Waals surface area contributed by atoms with E-state index in [0.29, 0.717) is 5.91 Å². The summed E-state index contributed by atoms with van der Waals surface area (Å²) in [6, 6.07) is 4.21. The third kappa shape index (κ3) is 3.39. The molecule has 3 heterocycles. The van der Waals surface area contributed by atoms with Crippen molar-refractivity contribution in [3.05, 3.63) is 47.8 Å². The molecule has 138 valence electrons. The summed E-state index contributed by atoms with van der Waals surface area (Å²) in [6.07, 6.45) is 13.5. The van der Waals surface area contributed by atoms with Gasteiger partial charge in [-0.2, -0.15) is 0 Å². The van der Waals surface area contributed by atoms with E-state index in [1.54, 1.807) is 0 Å². The molecule has 1 unspecified atom stereocenters. The van der Waals surface area contributed by atoms with Crippen LogP contribution in [-0.4, -0.2) is 31.9 Å². The Morgan fingerprint density at radius 2 is 1.88 bits per heavy atom. The van der Waals surface area contributed by atoms with Gasteiger partial charge < -0.3 is 9.47 Å². The fourth-order valence-electron chi connectivity index (χ4n) is 4.50. The third-order valence-electron chi connectivity index (χ3n) is 5.96. The quantitative estimate of drug-likeness (QED) is 0.839. The Balaban J connectivity index is 1.57. The van der Waals surface area contributed by atoms with Crippen molar-refractivity contribution in [3.63, 3.8) is 0 Å². The van der Waals surface area contributed by atoms with Gasteiger partial charge in [-0.1, -0.05) is 19.3 Å². The van der Waals surface area contributed by atoms with Crippen molar-refractivity contribution >= 4 is 5.91 Å². The van der Waals surface area contributed by atoms with Crippen LogP contribution < -0.4 is 0 Å². The summed E-state index contributed by atoms with van der Waals surface area (Å²) in [5.41, 5.74) is 2.36. The van der Waals surface area contributed by atoms with Gasteiger partial charge in [0.1, 0.15) is 5.82 Å². The number of nitrogens with zero attached hydrogens (tertiary/aromatic N) is 4. The predicted molar refractivity (Wildman–Crippen MR) is 101 cm³/mol. The Morgan fingerprint density at radius 3 is 2.65 bits per heavy atom. The number of amides is 1. The van der Waals surface area contributed by atoms with E-state index in [4.69, 9.17) is 4.98 Å². The zero-order valence-electron chi connectivity index (χ0n) is 15.6. The first kappa shape index (κ1) is 17.3. The molecule has 26 heavy (non-hydrogen) atoms. The lowest BCUT2D eigenvalue weighted by molar-refractivity contribution is -0.137. The van der Waals surface area contributed by atoms with Gasteiger partial charge >= 0.3 is 0 Å². The zero-order chi connectivity index (χ0) is 17.9.